The molecule has 2 aromatic rings. The first kappa shape index (κ1) is 13.1. The molecule has 1 N–H and O–H groups in total. The fourth-order valence-electron chi connectivity index (χ4n) is 1.87. The van der Waals surface area contributed by atoms with Crippen molar-refractivity contribution in [2.75, 3.05) is 14.2 Å². The highest BCUT2D eigenvalue weighted by Gasteiger charge is 2.19. The molecule has 0 spiro atoms. The fourth-order valence-corrected chi connectivity index (χ4v) is 1.87. The number of H-pyrrole nitrogens is 1. The summed E-state index contributed by atoms with van der Waals surface area (Å²) in [5.41, 5.74) is 1.58. The topological polar surface area (TPSA) is 58.2 Å². The lowest BCUT2D eigenvalue weighted by Crippen LogP contribution is -2.29. The van der Waals surface area contributed by atoms with Gasteiger partial charge in [0.1, 0.15) is 5.75 Å². The van der Waals surface area contributed by atoms with E-state index in [-0.39, 0.29) is 11.9 Å². The Morgan fingerprint density at radius 3 is 2.89 bits per heavy atom. The van der Waals surface area contributed by atoms with Crippen molar-refractivity contribution >= 4 is 5.91 Å². The Balaban J connectivity index is 2.18. The first-order valence-electron chi connectivity index (χ1n) is 6.03. The van der Waals surface area contributed by atoms with Crippen LogP contribution in [0.25, 0.3) is 0 Å². The minimum absolute atomic E-state index is 0.0440. The number of nitrogens with zero attached hydrogens (tertiary/aromatic N) is 2. The summed E-state index contributed by atoms with van der Waals surface area (Å²) in [5.74, 6) is 0.720. The maximum atomic E-state index is 12.2. The maximum absolute atomic E-state index is 12.2. The predicted molar refractivity (Wildman–Crippen MR) is 72.1 cm³/mol. The van der Waals surface area contributed by atoms with Gasteiger partial charge >= 0.3 is 0 Å². The summed E-state index contributed by atoms with van der Waals surface area (Å²) in [5, 5.41) is 6.44. The fraction of sp³-hybridized carbons (Fsp3) is 0.286. The summed E-state index contributed by atoms with van der Waals surface area (Å²) < 4.78 is 5.20. The molecule has 2 rings (SSSR count). The van der Waals surface area contributed by atoms with Crippen molar-refractivity contribution in [1.29, 1.82) is 0 Å². The third-order valence-electron chi connectivity index (χ3n) is 3.22. The van der Waals surface area contributed by atoms with Crippen molar-refractivity contribution < 1.29 is 9.53 Å². The quantitative estimate of drug-likeness (QED) is 0.916. The maximum Gasteiger partial charge on any atom is 0.257 e. The number of methoxy groups -OCH3 is 1. The second-order valence-corrected chi connectivity index (χ2v) is 4.36. The van der Waals surface area contributed by atoms with E-state index in [9.17, 15) is 4.79 Å². The van der Waals surface area contributed by atoms with Crippen LogP contribution in [0.2, 0.25) is 0 Å². The molecule has 0 fully saturated rings. The van der Waals surface area contributed by atoms with Gasteiger partial charge in [-0.3, -0.25) is 9.89 Å². The van der Waals surface area contributed by atoms with E-state index in [1.807, 2.05) is 31.2 Å². The standard InChI is InChI=1S/C14H17N3O2/c1-10(11-5-4-6-13(7-11)19-3)17(2)14(18)12-8-15-16-9-12/h4-10H,1-3H3,(H,15,16). The van der Waals surface area contributed by atoms with E-state index >= 15 is 0 Å². The second-order valence-electron chi connectivity index (χ2n) is 4.36. The molecule has 0 saturated carbocycles. The highest BCUT2D eigenvalue weighted by Crippen LogP contribution is 2.23. The van der Waals surface area contributed by atoms with Gasteiger partial charge < -0.3 is 9.64 Å². The van der Waals surface area contributed by atoms with Gasteiger partial charge in [0.25, 0.3) is 5.91 Å². The summed E-state index contributed by atoms with van der Waals surface area (Å²) in [6, 6.07) is 7.67. The van der Waals surface area contributed by atoms with Gasteiger partial charge in [0.2, 0.25) is 0 Å². The first-order chi connectivity index (χ1) is 9.13. The van der Waals surface area contributed by atoms with Crippen LogP contribution in [0.3, 0.4) is 0 Å². The van der Waals surface area contributed by atoms with Gasteiger partial charge in [-0.15, -0.1) is 0 Å². The van der Waals surface area contributed by atoms with Crippen LogP contribution in [0.15, 0.2) is 36.7 Å². The summed E-state index contributed by atoms with van der Waals surface area (Å²) in [6.07, 6.45) is 3.12. The molecule has 0 saturated heterocycles. The van der Waals surface area contributed by atoms with Crippen molar-refractivity contribution in [3.63, 3.8) is 0 Å². The average Bonchev–Trinajstić information content (AvgIpc) is 2.99. The van der Waals surface area contributed by atoms with E-state index in [0.29, 0.717) is 5.56 Å². The molecule has 1 unspecified atom stereocenters. The monoisotopic (exact) mass is 259 g/mol. The number of benzene rings is 1. The van der Waals surface area contributed by atoms with Gasteiger partial charge in [-0.1, -0.05) is 12.1 Å². The zero-order valence-electron chi connectivity index (χ0n) is 11.3. The van der Waals surface area contributed by atoms with Crippen molar-refractivity contribution in [3.8, 4) is 5.75 Å². The Morgan fingerprint density at radius 1 is 1.47 bits per heavy atom. The molecule has 5 nitrogen and oxygen atoms in total. The molecule has 1 aromatic carbocycles. The van der Waals surface area contributed by atoms with Crippen LogP contribution in [0, 0.1) is 0 Å². The molecule has 1 heterocycles. The Kier molecular flexibility index (Phi) is 3.85. The van der Waals surface area contributed by atoms with Crippen LogP contribution in [0.5, 0.6) is 5.75 Å². The Hall–Kier alpha value is -2.30. The molecule has 0 aliphatic rings. The van der Waals surface area contributed by atoms with Crippen molar-refractivity contribution in [1.82, 2.24) is 15.1 Å². The lowest BCUT2D eigenvalue weighted by atomic mass is 10.1. The average molecular weight is 259 g/mol. The normalized spacial score (nSPS) is 11.9. The molecule has 0 radical (unpaired) electrons. The largest absolute Gasteiger partial charge is 0.497 e. The molecule has 19 heavy (non-hydrogen) atoms. The second kappa shape index (κ2) is 5.56. The van der Waals surface area contributed by atoms with Gasteiger partial charge in [0.05, 0.1) is 24.9 Å². The number of hydrogen-bond acceptors (Lipinski definition) is 3. The minimum atomic E-state index is -0.0657. The predicted octanol–water partition coefficient (Wildman–Crippen LogP) is 2.25. The number of aromatic nitrogens is 2. The zero-order valence-corrected chi connectivity index (χ0v) is 11.3. The van der Waals surface area contributed by atoms with Crippen LogP contribution in [-0.2, 0) is 0 Å². The molecule has 1 amide bonds. The van der Waals surface area contributed by atoms with Gasteiger partial charge in [-0.2, -0.15) is 5.10 Å². The van der Waals surface area contributed by atoms with Gasteiger partial charge in [0, 0.05) is 13.2 Å². The Labute approximate surface area is 112 Å². The Bertz CT molecular complexity index is 552. The number of carbonyl (C=O) groups excluding carboxylic acids is 1. The Morgan fingerprint density at radius 2 is 2.26 bits per heavy atom. The summed E-state index contributed by atoms with van der Waals surface area (Å²) in [6.45, 7) is 1.98. The van der Waals surface area contributed by atoms with E-state index in [2.05, 4.69) is 10.2 Å². The van der Waals surface area contributed by atoms with Crippen molar-refractivity contribution in [3.05, 3.63) is 47.8 Å². The van der Waals surface area contributed by atoms with Crippen LogP contribution in [0.4, 0.5) is 0 Å². The van der Waals surface area contributed by atoms with E-state index in [0.717, 1.165) is 11.3 Å². The summed E-state index contributed by atoms with van der Waals surface area (Å²) in [7, 11) is 3.41. The van der Waals surface area contributed by atoms with Gasteiger partial charge in [-0.25, -0.2) is 0 Å². The summed E-state index contributed by atoms with van der Waals surface area (Å²) in [4.78, 5) is 13.9. The number of rotatable bonds is 4. The first-order valence-corrected chi connectivity index (χ1v) is 6.03. The van der Waals surface area contributed by atoms with Crippen molar-refractivity contribution in [2.45, 2.75) is 13.0 Å². The molecule has 100 valence electrons. The van der Waals surface area contributed by atoms with Crippen LogP contribution in [-0.4, -0.2) is 35.2 Å². The minimum Gasteiger partial charge on any atom is -0.497 e. The van der Waals surface area contributed by atoms with Crippen LogP contribution in [0.1, 0.15) is 28.9 Å². The van der Waals surface area contributed by atoms with Crippen molar-refractivity contribution in [2.24, 2.45) is 0 Å². The molecule has 0 aliphatic carbocycles. The third kappa shape index (κ3) is 2.76. The number of hydrogen-bond donors (Lipinski definition) is 1. The lowest BCUT2D eigenvalue weighted by molar-refractivity contribution is 0.0742. The zero-order chi connectivity index (χ0) is 13.8. The highest BCUT2D eigenvalue weighted by atomic mass is 16.5. The number of aromatic amines is 1. The van der Waals surface area contributed by atoms with Gasteiger partial charge in [-0.05, 0) is 24.6 Å². The summed E-state index contributed by atoms with van der Waals surface area (Å²) >= 11 is 0. The third-order valence-corrected chi connectivity index (χ3v) is 3.22. The number of carbonyl (C=O) groups is 1. The molecule has 1 atom stereocenters. The number of ether oxygens (including phenoxy) is 1. The van der Waals surface area contributed by atoms with E-state index < -0.39 is 0 Å². The van der Waals surface area contributed by atoms with E-state index in [1.54, 1.807) is 25.3 Å². The molecule has 1 aromatic heterocycles. The number of nitrogens with one attached hydrogen (secondary N) is 1. The molecule has 0 bridgehead atoms. The van der Waals surface area contributed by atoms with Crippen LogP contribution >= 0.6 is 0 Å². The van der Waals surface area contributed by atoms with Gasteiger partial charge in [0.15, 0.2) is 0 Å². The molecular weight excluding hydrogens is 242 g/mol. The smallest absolute Gasteiger partial charge is 0.257 e. The number of amides is 1. The van der Waals surface area contributed by atoms with E-state index in [4.69, 9.17) is 4.74 Å². The van der Waals surface area contributed by atoms with E-state index in [1.165, 1.54) is 6.20 Å². The molecule has 5 heteroatoms. The molecule has 0 aliphatic heterocycles. The molecular formula is C14H17N3O2. The SMILES string of the molecule is COc1cccc(C(C)N(C)C(=O)c2cn[nH]c2)c1. The highest BCUT2D eigenvalue weighted by molar-refractivity contribution is 5.93. The van der Waals surface area contributed by atoms with Crippen LogP contribution < -0.4 is 4.74 Å². The lowest BCUT2D eigenvalue weighted by Gasteiger charge is -2.25.